The van der Waals surface area contributed by atoms with Gasteiger partial charge in [0.1, 0.15) is 0 Å². The molecule has 0 saturated heterocycles. The molecule has 0 heterocycles. The predicted molar refractivity (Wildman–Crippen MR) is 124 cm³/mol. The molecule has 0 saturated carbocycles. The molecule has 2 aromatic rings. The Hall–Kier alpha value is -1.60. The zero-order valence-corrected chi connectivity index (χ0v) is 19.0. The lowest BCUT2D eigenvalue weighted by atomic mass is 9.51. The summed E-state index contributed by atoms with van der Waals surface area (Å²) in [5.41, 5.74) is 9.58. The summed E-state index contributed by atoms with van der Waals surface area (Å²) in [6.07, 6.45) is 4.92. The van der Waals surface area contributed by atoms with E-state index in [1.165, 1.54) is 30.4 Å². The van der Waals surface area contributed by atoms with Crippen molar-refractivity contribution in [1.82, 2.24) is 0 Å². The van der Waals surface area contributed by atoms with Gasteiger partial charge in [-0.05, 0) is 47.3 Å². The standard InChI is InChI=1S/C27H41N/c1-7-8-19-25(3,4)20-26(5,24-17-13-10-14-18-24)27(6,21-28)22(2)23-15-11-9-12-16-23/h9-18,22H,7-8,19-21,28H2,1-6H3. The van der Waals surface area contributed by atoms with Crippen molar-refractivity contribution in [3.05, 3.63) is 71.8 Å². The predicted octanol–water partition coefficient (Wildman–Crippen LogP) is 7.32. The van der Waals surface area contributed by atoms with Crippen molar-refractivity contribution in [1.29, 1.82) is 0 Å². The molecule has 2 rings (SSSR count). The van der Waals surface area contributed by atoms with Gasteiger partial charge in [0.25, 0.3) is 0 Å². The van der Waals surface area contributed by atoms with Gasteiger partial charge in [-0.2, -0.15) is 0 Å². The van der Waals surface area contributed by atoms with Crippen molar-refractivity contribution in [2.75, 3.05) is 6.54 Å². The average molecular weight is 380 g/mol. The Bertz CT molecular complexity index is 706. The fourth-order valence-electron chi connectivity index (χ4n) is 5.13. The van der Waals surface area contributed by atoms with Gasteiger partial charge in [-0.15, -0.1) is 0 Å². The monoisotopic (exact) mass is 379 g/mol. The molecule has 3 atom stereocenters. The van der Waals surface area contributed by atoms with Crippen LogP contribution in [0.4, 0.5) is 0 Å². The van der Waals surface area contributed by atoms with Gasteiger partial charge in [-0.25, -0.2) is 0 Å². The van der Waals surface area contributed by atoms with Crippen LogP contribution >= 0.6 is 0 Å². The van der Waals surface area contributed by atoms with Gasteiger partial charge in [0.05, 0.1) is 0 Å². The minimum atomic E-state index is -0.0564. The van der Waals surface area contributed by atoms with E-state index < -0.39 is 0 Å². The number of hydrogen-bond acceptors (Lipinski definition) is 1. The molecular formula is C27H41N. The third kappa shape index (κ3) is 4.69. The first-order chi connectivity index (χ1) is 13.2. The summed E-state index contributed by atoms with van der Waals surface area (Å²) in [6.45, 7) is 15.1. The van der Waals surface area contributed by atoms with E-state index in [-0.39, 0.29) is 16.2 Å². The minimum Gasteiger partial charge on any atom is -0.330 e. The number of unbranched alkanes of at least 4 members (excludes halogenated alkanes) is 1. The normalized spacial score (nSPS) is 17.5. The van der Waals surface area contributed by atoms with Crippen LogP contribution < -0.4 is 5.73 Å². The molecule has 2 N–H and O–H groups in total. The Morgan fingerprint density at radius 2 is 1.39 bits per heavy atom. The molecule has 0 fully saturated rings. The molecule has 28 heavy (non-hydrogen) atoms. The molecule has 0 amide bonds. The van der Waals surface area contributed by atoms with E-state index >= 15 is 0 Å². The smallest absolute Gasteiger partial charge is 0.000132 e. The molecule has 1 nitrogen and oxygen atoms in total. The third-order valence-corrected chi connectivity index (χ3v) is 7.39. The SMILES string of the molecule is CCCCC(C)(C)CC(C)(c1ccccc1)C(C)(CN)C(C)c1ccccc1. The first-order valence-corrected chi connectivity index (χ1v) is 11.0. The summed E-state index contributed by atoms with van der Waals surface area (Å²) in [5.74, 6) is 0.367. The zero-order valence-electron chi connectivity index (χ0n) is 19.0. The van der Waals surface area contributed by atoms with Crippen LogP contribution in [0.5, 0.6) is 0 Å². The number of rotatable bonds is 10. The lowest BCUT2D eigenvalue weighted by Gasteiger charge is -2.53. The van der Waals surface area contributed by atoms with Crippen LogP contribution in [0.3, 0.4) is 0 Å². The Balaban J connectivity index is 2.55. The molecule has 0 radical (unpaired) electrons. The van der Waals surface area contributed by atoms with Crippen LogP contribution in [0.2, 0.25) is 0 Å². The van der Waals surface area contributed by atoms with Gasteiger partial charge in [0.15, 0.2) is 0 Å². The van der Waals surface area contributed by atoms with Crippen molar-refractivity contribution < 1.29 is 0 Å². The summed E-state index contributed by atoms with van der Waals surface area (Å²) >= 11 is 0. The van der Waals surface area contributed by atoms with Crippen LogP contribution in [0.15, 0.2) is 60.7 Å². The molecule has 0 aliphatic carbocycles. The molecule has 0 aromatic heterocycles. The topological polar surface area (TPSA) is 26.0 Å². The molecule has 154 valence electrons. The second-order valence-electron chi connectivity index (χ2n) is 9.90. The van der Waals surface area contributed by atoms with Gasteiger partial charge in [-0.1, -0.05) is 115 Å². The summed E-state index contributed by atoms with van der Waals surface area (Å²) in [6, 6.07) is 22.0. The molecule has 2 aromatic carbocycles. The maximum Gasteiger partial charge on any atom is 0.000132 e. The van der Waals surface area contributed by atoms with E-state index in [2.05, 4.69) is 102 Å². The van der Waals surface area contributed by atoms with Crippen molar-refractivity contribution in [2.45, 2.75) is 78.6 Å². The highest BCUT2D eigenvalue weighted by Gasteiger charge is 2.50. The lowest BCUT2D eigenvalue weighted by Crippen LogP contribution is -2.51. The zero-order chi connectivity index (χ0) is 20.8. The van der Waals surface area contributed by atoms with Crippen molar-refractivity contribution in [2.24, 2.45) is 16.6 Å². The highest BCUT2D eigenvalue weighted by molar-refractivity contribution is 5.33. The first kappa shape index (κ1) is 22.7. The Labute approximate surface area is 173 Å². The van der Waals surface area contributed by atoms with Crippen LogP contribution in [-0.4, -0.2) is 6.54 Å². The van der Waals surface area contributed by atoms with Gasteiger partial charge in [-0.3, -0.25) is 0 Å². The molecule has 0 aliphatic rings. The van der Waals surface area contributed by atoms with E-state index in [0.29, 0.717) is 12.5 Å². The summed E-state index contributed by atoms with van der Waals surface area (Å²) in [4.78, 5) is 0. The summed E-state index contributed by atoms with van der Waals surface area (Å²) in [7, 11) is 0. The Morgan fingerprint density at radius 3 is 1.89 bits per heavy atom. The molecule has 0 bridgehead atoms. The highest BCUT2D eigenvalue weighted by Crippen LogP contribution is 2.55. The van der Waals surface area contributed by atoms with Crippen LogP contribution in [0.1, 0.15) is 84.3 Å². The summed E-state index contributed by atoms with van der Waals surface area (Å²) < 4.78 is 0. The fourth-order valence-corrected chi connectivity index (χ4v) is 5.13. The Morgan fingerprint density at radius 1 is 0.857 bits per heavy atom. The molecule has 0 spiro atoms. The van der Waals surface area contributed by atoms with Crippen molar-refractivity contribution >= 4 is 0 Å². The van der Waals surface area contributed by atoms with E-state index in [1.54, 1.807) is 0 Å². The van der Waals surface area contributed by atoms with E-state index in [1.807, 2.05) is 0 Å². The first-order valence-electron chi connectivity index (χ1n) is 11.0. The fraction of sp³-hybridized carbons (Fsp3) is 0.556. The molecule has 3 unspecified atom stereocenters. The number of hydrogen-bond donors (Lipinski definition) is 1. The summed E-state index contributed by atoms with van der Waals surface area (Å²) in [5, 5.41) is 0. The quantitative estimate of drug-likeness (QED) is 0.460. The lowest BCUT2D eigenvalue weighted by molar-refractivity contribution is 0.0729. The second kappa shape index (κ2) is 9.27. The molecular weight excluding hydrogens is 338 g/mol. The van der Waals surface area contributed by atoms with Gasteiger partial charge >= 0.3 is 0 Å². The average Bonchev–Trinajstić information content (AvgIpc) is 2.72. The highest BCUT2D eigenvalue weighted by atomic mass is 14.7. The minimum absolute atomic E-state index is 0.0183. The van der Waals surface area contributed by atoms with Crippen molar-refractivity contribution in [3.63, 3.8) is 0 Å². The van der Waals surface area contributed by atoms with Crippen molar-refractivity contribution in [3.8, 4) is 0 Å². The third-order valence-electron chi connectivity index (χ3n) is 7.39. The van der Waals surface area contributed by atoms with Crippen LogP contribution in [-0.2, 0) is 5.41 Å². The van der Waals surface area contributed by atoms with E-state index in [9.17, 15) is 0 Å². The number of benzene rings is 2. The van der Waals surface area contributed by atoms with E-state index in [4.69, 9.17) is 5.73 Å². The second-order valence-corrected chi connectivity index (χ2v) is 9.90. The van der Waals surface area contributed by atoms with Gasteiger partial charge in [0.2, 0.25) is 0 Å². The maximum atomic E-state index is 6.59. The Kier molecular flexibility index (Phi) is 7.51. The van der Waals surface area contributed by atoms with Gasteiger partial charge in [0, 0.05) is 5.41 Å². The van der Waals surface area contributed by atoms with Gasteiger partial charge < -0.3 is 5.73 Å². The molecule has 0 aliphatic heterocycles. The number of nitrogens with two attached hydrogens (primary N) is 1. The largest absolute Gasteiger partial charge is 0.330 e. The van der Waals surface area contributed by atoms with Crippen LogP contribution in [0.25, 0.3) is 0 Å². The van der Waals surface area contributed by atoms with E-state index in [0.717, 1.165) is 6.42 Å². The maximum absolute atomic E-state index is 6.59. The van der Waals surface area contributed by atoms with Crippen LogP contribution in [0, 0.1) is 10.8 Å². The molecule has 1 heteroatoms.